The average molecular weight is 598 g/mol. The van der Waals surface area contributed by atoms with Crippen LogP contribution in [0.5, 0.6) is 0 Å². The molecule has 4 atom stereocenters. The van der Waals surface area contributed by atoms with Crippen molar-refractivity contribution in [3.63, 3.8) is 0 Å². The summed E-state index contributed by atoms with van der Waals surface area (Å²) in [5.74, 6) is 0.340. The molecule has 1 fully saturated rings. The molecule has 0 bridgehead atoms. The van der Waals surface area contributed by atoms with Crippen LogP contribution in [0.1, 0.15) is 88.5 Å². The summed E-state index contributed by atoms with van der Waals surface area (Å²) in [4.78, 5) is 5.95. The Morgan fingerprint density at radius 3 is 1.98 bits per heavy atom. The van der Waals surface area contributed by atoms with E-state index in [-0.39, 0.29) is 23.0 Å². The monoisotopic (exact) mass is 597 g/mol. The average Bonchev–Trinajstić information content (AvgIpc) is 2.89. The molecule has 0 aromatic rings. The highest BCUT2D eigenvalue weighted by atomic mass is 16.7. The van der Waals surface area contributed by atoms with Crippen LogP contribution < -0.4 is 0 Å². The fourth-order valence-electron chi connectivity index (χ4n) is 6.75. The Bertz CT molecular complexity index is 1400. The van der Waals surface area contributed by atoms with Crippen molar-refractivity contribution in [1.29, 1.82) is 0 Å². The fourth-order valence-corrected chi connectivity index (χ4v) is 6.75. The van der Waals surface area contributed by atoms with Crippen LogP contribution in [0.4, 0.5) is 0 Å². The van der Waals surface area contributed by atoms with E-state index in [0.717, 1.165) is 29.7 Å². The molecule has 1 heterocycles. The number of allylic oxidation sites excluding steroid dienone is 18. The van der Waals surface area contributed by atoms with Gasteiger partial charge in [0.1, 0.15) is 5.71 Å². The topological polar surface area (TPSA) is 62.1 Å². The lowest BCUT2D eigenvalue weighted by atomic mass is 9.64. The predicted molar refractivity (Wildman–Crippen MR) is 187 cm³/mol. The van der Waals surface area contributed by atoms with Crippen molar-refractivity contribution >= 4 is 5.71 Å². The normalized spacial score (nSPS) is 30.1. The van der Waals surface area contributed by atoms with Gasteiger partial charge >= 0.3 is 0 Å². The van der Waals surface area contributed by atoms with Crippen LogP contribution in [0.25, 0.3) is 0 Å². The maximum absolute atomic E-state index is 10.3. The van der Waals surface area contributed by atoms with E-state index in [1.807, 2.05) is 26.0 Å². The van der Waals surface area contributed by atoms with Gasteiger partial charge in [-0.15, -0.1) is 0 Å². The minimum atomic E-state index is -0.544. The molecular formula is C40H55NO3. The molecule has 0 aromatic carbocycles. The summed E-state index contributed by atoms with van der Waals surface area (Å²) in [7, 11) is 0. The van der Waals surface area contributed by atoms with Gasteiger partial charge in [0.05, 0.1) is 12.2 Å². The van der Waals surface area contributed by atoms with Gasteiger partial charge < -0.3 is 15.1 Å². The lowest BCUT2D eigenvalue weighted by Gasteiger charge is -2.47. The zero-order valence-electron chi connectivity index (χ0n) is 28.7. The van der Waals surface area contributed by atoms with Gasteiger partial charge in [-0.05, 0) is 82.4 Å². The van der Waals surface area contributed by atoms with Gasteiger partial charge in [-0.25, -0.2) is 0 Å². The smallest absolute Gasteiger partial charge is 0.159 e. The summed E-state index contributed by atoms with van der Waals surface area (Å²) in [6, 6.07) is 0. The van der Waals surface area contributed by atoms with Crippen molar-refractivity contribution in [3.05, 3.63) is 119 Å². The van der Waals surface area contributed by atoms with E-state index in [1.54, 1.807) is 0 Å². The molecule has 0 saturated heterocycles. The van der Waals surface area contributed by atoms with Gasteiger partial charge in [0.25, 0.3) is 0 Å². The number of aliphatic hydroxyl groups is 2. The predicted octanol–water partition coefficient (Wildman–Crippen LogP) is 9.60. The molecule has 4 nitrogen and oxygen atoms in total. The molecule has 1 unspecified atom stereocenters. The maximum Gasteiger partial charge on any atom is 0.159 e. The van der Waals surface area contributed by atoms with Crippen LogP contribution in [0, 0.1) is 16.7 Å². The number of aliphatic hydroxyl groups excluding tert-OH is 2. The van der Waals surface area contributed by atoms with Crippen LogP contribution in [0.2, 0.25) is 0 Å². The third-order valence-electron chi connectivity index (χ3n) is 9.03. The molecule has 1 aliphatic heterocycles. The van der Waals surface area contributed by atoms with Gasteiger partial charge in [-0.1, -0.05) is 134 Å². The van der Waals surface area contributed by atoms with Crippen molar-refractivity contribution in [2.24, 2.45) is 21.9 Å². The molecule has 0 aromatic heterocycles. The Balaban J connectivity index is 1.53. The molecule has 1 saturated carbocycles. The van der Waals surface area contributed by atoms with Crippen LogP contribution in [0.15, 0.2) is 124 Å². The van der Waals surface area contributed by atoms with Crippen LogP contribution >= 0.6 is 0 Å². The lowest BCUT2D eigenvalue weighted by Crippen LogP contribution is -2.48. The number of fused-ring (bicyclic) bond motifs is 1. The molecule has 3 rings (SSSR count). The Labute approximate surface area is 267 Å². The number of hydrogen-bond acceptors (Lipinski definition) is 4. The van der Waals surface area contributed by atoms with E-state index in [2.05, 4.69) is 133 Å². The van der Waals surface area contributed by atoms with Crippen molar-refractivity contribution in [2.75, 3.05) is 0 Å². The third-order valence-corrected chi connectivity index (χ3v) is 9.03. The first-order chi connectivity index (χ1) is 20.5. The molecule has 0 amide bonds. The van der Waals surface area contributed by atoms with Crippen molar-refractivity contribution in [1.82, 2.24) is 0 Å². The van der Waals surface area contributed by atoms with Crippen LogP contribution in [0.3, 0.4) is 0 Å². The zero-order chi connectivity index (χ0) is 32.7. The van der Waals surface area contributed by atoms with Gasteiger partial charge in [0, 0.05) is 12.3 Å². The molecule has 2 aliphatic carbocycles. The summed E-state index contributed by atoms with van der Waals surface area (Å²) in [6.07, 6.45) is 30.8. The molecule has 238 valence electrons. The maximum atomic E-state index is 10.3. The Kier molecular flexibility index (Phi) is 11.8. The van der Waals surface area contributed by atoms with Gasteiger partial charge in [-0.3, -0.25) is 0 Å². The largest absolute Gasteiger partial charge is 0.393 e. The summed E-state index contributed by atoms with van der Waals surface area (Å²) in [6.45, 7) is 21.3. The lowest BCUT2D eigenvalue weighted by molar-refractivity contribution is -0.0773. The second-order valence-electron chi connectivity index (χ2n) is 14.5. The standard InChI is InChI=1S/C40H55NO3/c1-28(17-13-18-30(3)21-22-35-32(5)23-33(42)25-38(35,6)7)15-11-12-16-29(2)19-14-20-31(4)36-24-37-39(8,9)26-34(43)27-40(37,10)44-41-36/h11-24,33-35,42-43H,25-27H2,1-10H3/b12-11+,17-13+,19-14+,22-21+,28-15+,29-16+,30-18+,31-20+/t33-,34+,35-,40?/m0/s1. The second-order valence-corrected chi connectivity index (χ2v) is 14.5. The second kappa shape index (κ2) is 14.7. The minimum absolute atomic E-state index is 0.0499. The van der Waals surface area contributed by atoms with Gasteiger partial charge in [-0.2, -0.15) is 0 Å². The summed E-state index contributed by atoms with van der Waals surface area (Å²) < 4.78 is 0. The molecule has 44 heavy (non-hydrogen) atoms. The van der Waals surface area contributed by atoms with Crippen LogP contribution in [-0.2, 0) is 4.84 Å². The van der Waals surface area contributed by atoms with Crippen molar-refractivity contribution < 1.29 is 15.1 Å². The Morgan fingerprint density at radius 2 is 1.36 bits per heavy atom. The van der Waals surface area contributed by atoms with Crippen LogP contribution in [-0.4, -0.2) is 33.7 Å². The van der Waals surface area contributed by atoms with E-state index in [4.69, 9.17) is 4.84 Å². The fraction of sp³-hybridized carbons (Fsp3) is 0.475. The number of nitrogens with zero attached hydrogens (tertiary/aromatic N) is 1. The SMILES string of the molecule is CC1=C[C@H](O)CC(C)(C)[C@H]1/C=C/C(C)=C/C=C/C(C)=C/C=C/C=C(C)/C=C/C=C(\C)C1=NOC2(C)C[C@H](O)CC(C)(C)C2=C1. The van der Waals surface area contributed by atoms with E-state index in [9.17, 15) is 10.2 Å². The summed E-state index contributed by atoms with van der Waals surface area (Å²) >= 11 is 0. The quantitative estimate of drug-likeness (QED) is 0.205. The van der Waals surface area contributed by atoms with Crippen molar-refractivity contribution in [3.8, 4) is 0 Å². The van der Waals surface area contributed by atoms with Crippen molar-refractivity contribution in [2.45, 2.75) is 106 Å². The summed E-state index contributed by atoms with van der Waals surface area (Å²) in [5, 5.41) is 24.8. The molecule has 3 aliphatic rings. The van der Waals surface area contributed by atoms with E-state index < -0.39 is 5.60 Å². The molecule has 0 radical (unpaired) electrons. The number of hydrogen-bond donors (Lipinski definition) is 2. The van der Waals surface area contributed by atoms with Gasteiger partial charge in [0.2, 0.25) is 0 Å². The highest BCUT2D eigenvalue weighted by Crippen LogP contribution is 2.49. The van der Waals surface area contributed by atoms with E-state index >= 15 is 0 Å². The van der Waals surface area contributed by atoms with E-state index in [0.29, 0.717) is 12.3 Å². The highest BCUT2D eigenvalue weighted by Gasteiger charge is 2.49. The highest BCUT2D eigenvalue weighted by molar-refractivity contribution is 6.08. The third kappa shape index (κ3) is 9.64. The molecule has 0 spiro atoms. The molecule has 2 N–H and O–H groups in total. The summed E-state index contributed by atoms with van der Waals surface area (Å²) in [5.41, 5.74) is 7.20. The Morgan fingerprint density at radius 1 is 0.795 bits per heavy atom. The Hall–Kier alpha value is -3.21. The molecular weight excluding hydrogens is 542 g/mol. The molecule has 4 heteroatoms. The number of rotatable bonds is 9. The van der Waals surface area contributed by atoms with Gasteiger partial charge in [0.15, 0.2) is 5.60 Å². The first-order valence-electron chi connectivity index (χ1n) is 16.0. The number of oxime groups is 1. The first-order valence-corrected chi connectivity index (χ1v) is 16.0. The van der Waals surface area contributed by atoms with E-state index in [1.165, 1.54) is 22.3 Å². The first kappa shape index (κ1) is 35.3. The minimum Gasteiger partial charge on any atom is -0.393 e. The zero-order valence-corrected chi connectivity index (χ0v) is 28.7.